The summed E-state index contributed by atoms with van der Waals surface area (Å²) < 4.78 is 4.47. The molecule has 0 rings (SSSR count). The van der Waals surface area contributed by atoms with Crippen molar-refractivity contribution in [2.45, 2.75) is 20.8 Å². The summed E-state index contributed by atoms with van der Waals surface area (Å²) in [6.45, 7) is 8.67. The molecule has 0 aliphatic carbocycles. The average molecular weight is 197 g/mol. The van der Waals surface area contributed by atoms with E-state index in [1.165, 1.54) is 7.11 Å². The Morgan fingerprint density at radius 3 is 2.07 bits per heavy atom. The highest BCUT2D eigenvalue weighted by molar-refractivity contribution is 5.87. The monoisotopic (exact) mass is 197 g/mol. The number of esters is 1. The number of carbonyl (C=O) groups excluding carboxylic acids is 1. The highest BCUT2D eigenvalue weighted by atomic mass is 16.5. The minimum Gasteiger partial charge on any atom is -0.466 e. The Bertz CT molecular complexity index is 236. The first-order valence-corrected chi connectivity index (χ1v) is 4.25. The van der Waals surface area contributed by atoms with E-state index in [4.69, 9.17) is 5.73 Å². The van der Waals surface area contributed by atoms with Crippen LogP contribution in [-0.2, 0) is 9.53 Å². The highest BCUT2D eigenvalue weighted by Crippen LogP contribution is 1.96. The minimum atomic E-state index is -0.331. The molecular weight excluding hydrogens is 178 g/mol. The minimum absolute atomic E-state index is 0.331. The van der Waals surface area contributed by atoms with Gasteiger partial charge in [0, 0.05) is 11.3 Å². The average Bonchev–Trinajstić information content (AvgIpc) is 2.14. The van der Waals surface area contributed by atoms with Crippen LogP contribution in [-0.4, -0.2) is 13.1 Å². The molecule has 0 radical (unpaired) electrons. The third-order valence-corrected chi connectivity index (χ3v) is 1.10. The molecule has 0 heterocycles. The highest BCUT2D eigenvalue weighted by Gasteiger charge is 1.99. The molecule has 80 valence electrons. The fourth-order valence-electron chi connectivity index (χ4n) is 0.485. The van der Waals surface area contributed by atoms with Crippen molar-refractivity contribution in [3.63, 3.8) is 0 Å². The maximum Gasteiger partial charge on any atom is 0.333 e. The van der Waals surface area contributed by atoms with Gasteiger partial charge in [-0.3, -0.25) is 0 Å². The van der Waals surface area contributed by atoms with Crippen LogP contribution in [0.15, 0.2) is 36.1 Å². The lowest BCUT2D eigenvalue weighted by Crippen LogP contribution is -2.01. The van der Waals surface area contributed by atoms with Gasteiger partial charge < -0.3 is 10.5 Å². The number of nitrogens with two attached hydrogens (primary N) is 1. The summed E-state index contributed by atoms with van der Waals surface area (Å²) in [6, 6.07) is 0. The molecule has 2 N–H and O–H groups in total. The number of hydrogen-bond donors (Lipinski definition) is 1. The summed E-state index contributed by atoms with van der Waals surface area (Å²) in [5, 5.41) is 0. The number of hydrogen-bond acceptors (Lipinski definition) is 3. The molecule has 0 unspecified atom stereocenters. The van der Waals surface area contributed by atoms with E-state index in [9.17, 15) is 4.79 Å². The molecule has 0 fully saturated rings. The summed E-state index contributed by atoms with van der Waals surface area (Å²) in [6.07, 6.45) is 5.04. The number of rotatable bonds is 2. The van der Waals surface area contributed by atoms with Crippen LogP contribution in [0, 0.1) is 0 Å². The third-order valence-electron chi connectivity index (χ3n) is 1.10. The van der Waals surface area contributed by atoms with Gasteiger partial charge in [0.2, 0.25) is 0 Å². The maximum atomic E-state index is 10.8. The lowest BCUT2D eigenvalue weighted by molar-refractivity contribution is -0.136. The third kappa shape index (κ3) is 10.5. The first-order valence-electron chi connectivity index (χ1n) is 4.25. The molecule has 0 spiro atoms. The molecule has 3 heteroatoms. The van der Waals surface area contributed by atoms with Crippen molar-refractivity contribution in [1.29, 1.82) is 0 Å². The second-order valence-electron chi connectivity index (χ2n) is 2.66. The van der Waals surface area contributed by atoms with Gasteiger partial charge in [-0.15, -0.1) is 6.58 Å². The van der Waals surface area contributed by atoms with Gasteiger partial charge in [-0.05, 0) is 26.8 Å². The van der Waals surface area contributed by atoms with Gasteiger partial charge in [0.05, 0.1) is 7.11 Å². The van der Waals surface area contributed by atoms with E-state index in [-0.39, 0.29) is 5.97 Å². The van der Waals surface area contributed by atoms with E-state index in [0.717, 1.165) is 0 Å². The second-order valence-corrected chi connectivity index (χ2v) is 2.66. The molecule has 0 aromatic heterocycles. The fraction of sp³-hybridized carbons (Fsp3) is 0.364. The molecular formula is C11H19NO2. The molecule has 0 aliphatic rings. The second kappa shape index (κ2) is 9.58. The summed E-state index contributed by atoms with van der Waals surface area (Å²) in [7, 11) is 1.35. The smallest absolute Gasteiger partial charge is 0.333 e. The number of carbonyl (C=O) groups is 1. The molecule has 0 aromatic carbocycles. The van der Waals surface area contributed by atoms with Gasteiger partial charge >= 0.3 is 5.97 Å². The number of ether oxygens (including phenoxy) is 1. The number of allylic oxidation sites excluding steroid dienone is 4. The molecule has 0 aromatic rings. The van der Waals surface area contributed by atoms with Crippen LogP contribution in [0.1, 0.15) is 20.8 Å². The molecule has 14 heavy (non-hydrogen) atoms. The molecule has 3 nitrogen and oxygen atoms in total. The van der Waals surface area contributed by atoms with Crippen molar-refractivity contribution in [3.8, 4) is 0 Å². The van der Waals surface area contributed by atoms with Gasteiger partial charge in [-0.1, -0.05) is 12.2 Å². The van der Waals surface area contributed by atoms with E-state index in [2.05, 4.69) is 11.3 Å². The van der Waals surface area contributed by atoms with Gasteiger partial charge in [0.1, 0.15) is 0 Å². The zero-order valence-corrected chi connectivity index (χ0v) is 9.33. The standard InChI is InChI=1S/C8H13NO2.C3H6/c1-6(8(10)11-3)4-5-7(2)9;1-3-2/h4-5H,9H2,1-3H3;3H,1H2,2H3/b6-4+,7-5+;. The molecule has 0 amide bonds. The predicted molar refractivity (Wildman–Crippen MR) is 59.6 cm³/mol. The molecule has 0 atom stereocenters. The molecule has 0 saturated carbocycles. The van der Waals surface area contributed by atoms with Crippen LogP contribution in [0.25, 0.3) is 0 Å². The van der Waals surface area contributed by atoms with E-state index in [1.807, 2.05) is 6.92 Å². The Morgan fingerprint density at radius 1 is 1.36 bits per heavy atom. The number of methoxy groups -OCH3 is 1. The van der Waals surface area contributed by atoms with E-state index in [0.29, 0.717) is 11.3 Å². The van der Waals surface area contributed by atoms with Crippen LogP contribution >= 0.6 is 0 Å². The van der Waals surface area contributed by atoms with Crippen LogP contribution in [0.3, 0.4) is 0 Å². The van der Waals surface area contributed by atoms with Gasteiger partial charge in [0.15, 0.2) is 0 Å². The van der Waals surface area contributed by atoms with Crippen molar-refractivity contribution >= 4 is 5.97 Å². The Labute approximate surface area is 85.9 Å². The Kier molecular flexibility index (Phi) is 10.3. The lowest BCUT2D eigenvalue weighted by Gasteiger charge is -1.95. The van der Waals surface area contributed by atoms with Crippen molar-refractivity contribution in [2.75, 3.05) is 7.11 Å². The molecule has 0 bridgehead atoms. The SMILES string of the molecule is C=CC.COC(=O)/C(C)=C/C=C(\C)N. The summed E-state index contributed by atoms with van der Waals surface area (Å²) >= 11 is 0. The Morgan fingerprint density at radius 2 is 1.79 bits per heavy atom. The molecule has 0 saturated heterocycles. The topological polar surface area (TPSA) is 52.3 Å². The molecule has 0 aliphatic heterocycles. The van der Waals surface area contributed by atoms with Crippen molar-refractivity contribution in [3.05, 3.63) is 36.1 Å². The zero-order valence-electron chi connectivity index (χ0n) is 9.33. The Balaban J connectivity index is 0. The van der Waals surface area contributed by atoms with Crippen molar-refractivity contribution in [1.82, 2.24) is 0 Å². The largest absolute Gasteiger partial charge is 0.466 e. The van der Waals surface area contributed by atoms with Crippen LogP contribution in [0.4, 0.5) is 0 Å². The van der Waals surface area contributed by atoms with Crippen molar-refractivity contribution < 1.29 is 9.53 Å². The maximum absolute atomic E-state index is 10.8. The quantitative estimate of drug-likeness (QED) is 0.319. The first kappa shape index (κ1) is 15.0. The van der Waals surface area contributed by atoms with E-state index < -0.39 is 0 Å². The Hall–Kier alpha value is -1.51. The lowest BCUT2D eigenvalue weighted by atomic mass is 10.2. The fourth-order valence-corrected chi connectivity index (χ4v) is 0.485. The van der Waals surface area contributed by atoms with Gasteiger partial charge in [-0.2, -0.15) is 0 Å². The zero-order chi connectivity index (χ0) is 11.6. The summed E-state index contributed by atoms with van der Waals surface area (Å²) in [5.41, 5.74) is 6.55. The normalized spacial score (nSPS) is 11.1. The van der Waals surface area contributed by atoms with E-state index in [1.54, 1.807) is 32.1 Å². The summed E-state index contributed by atoms with van der Waals surface area (Å²) in [4.78, 5) is 10.8. The van der Waals surface area contributed by atoms with Crippen LogP contribution in [0.2, 0.25) is 0 Å². The van der Waals surface area contributed by atoms with Crippen molar-refractivity contribution in [2.24, 2.45) is 5.73 Å². The van der Waals surface area contributed by atoms with E-state index >= 15 is 0 Å². The van der Waals surface area contributed by atoms with Gasteiger partial charge in [0.25, 0.3) is 0 Å². The first-order chi connectivity index (χ1) is 6.49. The predicted octanol–water partition coefficient (Wildman–Crippen LogP) is 2.16. The van der Waals surface area contributed by atoms with Crippen LogP contribution in [0.5, 0.6) is 0 Å². The van der Waals surface area contributed by atoms with Crippen LogP contribution < -0.4 is 5.73 Å². The van der Waals surface area contributed by atoms with Gasteiger partial charge in [-0.25, -0.2) is 4.79 Å². The summed E-state index contributed by atoms with van der Waals surface area (Å²) in [5.74, 6) is -0.331.